The van der Waals surface area contributed by atoms with Gasteiger partial charge in [0.15, 0.2) is 5.82 Å². The molecule has 0 aromatic carbocycles. The number of nitrogens with two attached hydrogens (primary N) is 1. The number of aromatic nitrogens is 3. The lowest BCUT2D eigenvalue weighted by atomic mass is 10.2. The van der Waals surface area contributed by atoms with Crippen molar-refractivity contribution in [1.29, 1.82) is 0 Å². The molecule has 0 aliphatic rings. The molecule has 2 aromatic rings. The third-order valence-corrected chi connectivity index (χ3v) is 2.42. The first-order valence-electron chi connectivity index (χ1n) is 5.68. The quantitative estimate of drug-likeness (QED) is 0.513. The van der Waals surface area contributed by atoms with Crippen LogP contribution >= 0.6 is 0 Å². The van der Waals surface area contributed by atoms with E-state index < -0.39 is 0 Å². The summed E-state index contributed by atoms with van der Waals surface area (Å²) in [6, 6.07) is 1.58. The van der Waals surface area contributed by atoms with Crippen molar-refractivity contribution in [3.8, 4) is 0 Å². The maximum atomic E-state index is 11.9. The lowest BCUT2D eigenvalue weighted by molar-refractivity contribution is 0.0954. The van der Waals surface area contributed by atoms with E-state index in [1.807, 2.05) is 0 Å². The SMILES string of the molecule is Cc1noc(CCNC(=O)c2ccncc2NN)n1. The molecular weight excluding hydrogens is 248 g/mol. The molecule has 0 aliphatic carbocycles. The molecule has 0 spiro atoms. The van der Waals surface area contributed by atoms with Gasteiger partial charge in [0, 0.05) is 19.2 Å². The molecule has 0 bridgehead atoms. The first kappa shape index (κ1) is 13.0. The molecule has 0 saturated carbocycles. The normalized spacial score (nSPS) is 10.2. The highest BCUT2D eigenvalue weighted by atomic mass is 16.5. The monoisotopic (exact) mass is 262 g/mol. The van der Waals surface area contributed by atoms with Crippen LogP contribution in [0.4, 0.5) is 5.69 Å². The predicted octanol–water partition coefficient (Wildman–Crippen LogP) is 0.0311. The molecule has 100 valence electrons. The van der Waals surface area contributed by atoms with E-state index in [9.17, 15) is 4.79 Å². The zero-order chi connectivity index (χ0) is 13.7. The van der Waals surface area contributed by atoms with Gasteiger partial charge in [-0.2, -0.15) is 4.98 Å². The number of nitrogen functional groups attached to an aromatic ring is 1. The van der Waals surface area contributed by atoms with Crippen LogP contribution in [0.25, 0.3) is 0 Å². The molecular formula is C11H14N6O2. The number of carbonyl (C=O) groups excluding carboxylic acids is 1. The summed E-state index contributed by atoms with van der Waals surface area (Å²) in [5.74, 6) is 6.13. The summed E-state index contributed by atoms with van der Waals surface area (Å²) < 4.78 is 4.94. The highest BCUT2D eigenvalue weighted by Crippen LogP contribution is 2.11. The van der Waals surface area contributed by atoms with Crippen molar-refractivity contribution in [3.63, 3.8) is 0 Å². The number of hydrogen-bond donors (Lipinski definition) is 3. The van der Waals surface area contributed by atoms with E-state index in [2.05, 4.69) is 25.9 Å². The molecule has 2 aromatic heterocycles. The summed E-state index contributed by atoms with van der Waals surface area (Å²) in [7, 11) is 0. The average Bonchev–Trinajstić information content (AvgIpc) is 2.84. The Hall–Kier alpha value is -2.48. The van der Waals surface area contributed by atoms with E-state index in [1.54, 1.807) is 13.0 Å². The second-order valence-corrected chi connectivity index (χ2v) is 3.81. The van der Waals surface area contributed by atoms with Crippen molar-refractivity contribution in [1.82, 2.24) is 20.4 Å². The predicted molar refractivity (Wildman–Crippen MR) is 67.1 cm³/mol. The molecule has 2 rings (SSSR count). The van der Waals surface area contributed by atoms with Gasteiger partial charge in [-0.25, -0.2) is 0 Å². The van der Waals surface area contributed by atoms with Gasteiger partial charge >= 0.3 is 0 Å². The Morgan fingerprint density at radius 2 is 2.37 bits per heavy atom. The Morgan fingerprint density at radius 3 is 3.05 bits per heavy atom. The van der Waals surface area contributed by atoms with E-state index in [0.717, 1.165) is 0 Å². The Labute approximate surface area is 109 Å². The molecule has 0 radical (unpaired) electrons. The first-order valence-corrected chi connectivity index (χ1v) is 5.68. The molecule has 0 atom stereocenters. The van der Waals surface area contributed by atoms with Gasteiger partial charge < -0.3 is 15.3 Å². The minimum atomic E-state index is -0.244. The zero-order valence-corrected chi connectivity index (χ0v) is 10.4. The average molecular weight is 262 g/mol. The fourth-order valence-corrected chi connectivity index (χ4v) is 1.53. The Kier molecular flexibility index (Phi) is 4.04. The van der Waals surface area contributed by atoms with Gasteiger partial charge in [-0.1, -0.05) is 5.16 Å². The topological polar surface area (TPSA) is 119 Å². The standard InChI is InChI=1S/C11H14N6O2/c1-7-15-10(19-17-7)3-5-14-11(18)8-2-4-13-6-9(8)16-12/h2,4,6,16H,3,5,12H2,1H3,(H,14,18). The smallest absolute Gasteiger partial charge is 0.253 e. The molecule has 1 amide bonds. The van der Waals surface area contributed by atoms with Crippen molar-refractivity contribution in [2.45, 2.75) is 13.3 Å². The van der Waals surface area contributed by atoms with Gasteiger partial charge in [0.25, 0.3) is 5.91 Å². The molecule has 4 N–H and O–H groups in total. The van der Waals surface area contributed by atoms with Crippen LogP contribution in [0.15, 0.2) is 23.0 Å². The van der Waals surface area contributed by atoms with Crippen molar-refractivity contribution in [2.75, 3.05) is 12.0 Å². The minimum Gasteiger partial charge on any atom is -0.351 e. The molecule has 0 fully saturated rings. The van der Waals surface area contributed by atoms with E-state index in [1.165, 1.54) is 12.4 Å². The largest absolute Gasteiger partial charge is 0.351 e. The summed E-state index contributed by atoms with van der Waals surface area (Å²) >= 11 is 0. The van der Waals surface area contributed by atoms with Crippen LogP contribution in [-0.4, -0.2) is 27.6 Å². The second kappa shape index (κ2) is 5.91. The van der Waals surface area contributed by atoms with E-state index in [-0.39, 0.29) is 5.91 Å². The highest BCUT2D eigenvalue weighted by molar-refractivity contribution is 5.99. The van der Waals surface area contributed by atoms with Gasteiger partial charge in [0.05, 0.1) is 17.4 Å². The van der Waals surface area contributed by atoms with Crippen molar-refractivity contribution >= 4 is 11.6 Å². The number of aryl methyl sites for hydroxylation is 1. The van der Waals surface area contributed by atoms with Crippen LogP contribution in [0.2, 0.25) is 0 Å². The molecule has 0 aliphatic heterocycles. The van der Waals surface area contributed by atoms with E-state index >= 15 is 0 Å². The first-order chi connectivity index (χ1) is 9.20. The molecule has 0 saturated heterocycles. The minimum absolute atomic E-state index is 0.244. The third-order valence-electron chi connectivity index (χ3n) is 2.42. The summed E-state index contributed by atoms with van der Waals surface area (Å²) in [5, 5.41) is 6.41. The zero-order valence-electron chi connectivity index (χ0n) is 10.4. The summed E-state index contributed by atoms with van der Waals surface area (Å²) in [5.41, 5.74) is 3.32. The van der Waals surface area contributed by atoms with Gasteiger partial charge in [-0.3, -0.25) is 15.6 Å². The Bertz CT molecular complexity index is 568. The molecule has 8 heteroatoms. The van der Waals surface area contributed by atoms with Gasteiger partial charge in [-0.15, -0.1) is 0 Å². The van der Waals surface area contributed by atoms with Crippen LogP contribution in [0.5, 0.6) is 0 Å². The van der Waals surface area contributed by atoms with Gasteiger partial charge in [0.2, 0.25) is 5.89 Å². The maximum absolute atomic E-state index is 11.9. The molecule has 19 heavy (non-hydrogen) atoms. The number of hydrogen-bond acceptors (Lipinski definition) is 7. The Morgan fingerprint density at radius 1 is 1.53 bits per heavy atom. The van der Waals surface area contributed by atoms with Crippen molar-refractivity contribution in [3.05, 3.63) is 35.7 Å². The number of rotatable bonds is 5. The lowest BCUT2D eigenvalue weighted by Crippen LogP contribution is -2.27. The second-order valence-electron chi connectivity index (χ2n) is 3.81. The van der Waals surface area contributed by atoms with Gasteiger partial charge in [0.1, 0.15) is 0 Å². The van der Waals surface area contributed by atoms with Crippen LogP contribution in [0, 0.1) is 6.92 Å². The third kappa shape index (κ3) is 3.26. The number of carbonyl (C=O) groups is 1. The Balaban J connectivity index is 1.90. The van der Waals surface area contributed by atoms with Crippen LogP contribution in [0.3, 0.4) is 0 Å². The van der Waals surface area contributed by atoms with Crippen molar-refractivity contribution < 1.29 is 9.32 Å². The lowest BCUT2D eigenvalue weighted by Gasteiger charge is -2.07. The molecule has 2 heterocycles. The molecule has 8 nitrogen and oxygen atoms in total. The number of nitrogens with zero attached hydrogens (tertiary/aromatic N) is 3. The van der Waals surface area contributed by atoms with Crippen LogP contribution < -0.4 is 16.6 Å². The van der Waals surface area contributed by atoms with E-state index in [4.69, 9.17) is 10.4 Å². The number of anilines is 1. The summed E-state index contributed by atoms with van der Waals surface area (Å²) in [4.78, 5) is 19.8. The van der Waals surface area contributed by atoms with Crippen LogP contribution in [0.1, 0.15) is 22.1 Å². The van der Waals surface area contributed by atoms with Gasteiger partial charge in [-0.05, 0) is 13.0 Å². The van der Waals surface area contributed by atoms with Crippen LogP contribution in [-0.2, 0) is 6.42 Å². The number of amides is 1. The summed E-state index contributed by atoms with van der Waals surface area (Å²) in [6.45, 7) is 2.13. The molecule has 0 unspecified atom stereocenters. The highest BCUT2D eigenvalue weighted by Gasteiger charge is 2.10. The number of hydrazine groups is 1. The number of pyridine rings is 1. The van der Waals surface area contributed by atoms with Crippen molar-refractivity contribution in [2.24, 2.45) is 5.84 Å². The fraction of sp³-hybridized carbons (Fsp3) is 0.273. The fourth-order valence-electron chi connectivity index (χ4n) is 1.53. The van der Waals surface area contributed by atoms with E-state index in [0.29, 0.717) is 35.9 Å². The maximum Gasteiger partial charge on any atom is 0.253 e. The number of nitrogens with one attached hydrogen (secondary N) is 2. The summed E-state index contributed by atoms with van der Waals surface area (Å²) in [6.07, 6.45) is 3.48.